The molecule has 0 spiro atoms. The molecule has 110 valence electrons. The summed E-state index contributed by atoms with van der Waals surface area (Å²) in [5, 5.41) is 11.4. The first kappa shape index (κ1) is 16.0. The van der Waals surface area contributed by atoms with Crippen molar-refractivity contribution in [2.75, 3.05) is 18.5 Å². The molecule has 0 atom stereocenters. The Kier molecular flexibility index (Phi) is 6.05. The van der Waals surface area contributed by atoms with E-state index < -0.39 is 24.9 Å². The molecule has 0 heterocycles. The Morgan fingerprint density at radius 2 is 2.10 bits per heavy atom. The molecular weight excluding hydrogens is 272 g/mol. The van der Waals surface area contributed by atoms with E-state index in [1.807, 2.05) is 0 Å². The van der Waals surface area contributed by atoms with Crippen molar-refractivity contribution >= 4 is 17.6 Å². The third kappa shape index (κ3) is 5.31. The maximum atomic E-state index is 11.8. The van der Waals surface area contributed by atoms with E-state index in [0.717, 1.165) is 0 Å². The number of anilines is 1. The number of aryl methyl sites for hydroxylation is 1. The highest BCUT2D eigenvalue weighted by atomic mass is 19.3. The van der Waals surface area contributed by atoms with Crippen LogP contribution in [0.25, 0.3) is 0 Å². The lowest BCUT2D eigenvalue weighted by atomic mass is 10.1. The van der Waals surface area contributed by atoms with Crippen molar-refractivity contribution in [1.29, 1.82) is 0 Å². The second-order valence-corrected chi connectivity index (χ2v) is 4.10. The standard InChI is InChI=1S/C13H15F2NO4/c1-8-2-3-9(6-10(8)13(18)19)16-12(17)4-5-20-7-11(14)15/h2-3,6,11H,4-5,7H2,1H3,(H,16,17)(H,18,19). The van der Waals surface area contributed by atoms with Gasteiger partial charge in [-0.25, -0.2) is 13.6 Å². The van der Waals surface area contributed by atoms with Gasteiger partial charge in [0.1, 0.15) is 6.61 Å². The van der Waals surface area contributed by atoms with Crippen LogP contribution in [0.5, 0.6) is 0 Å². The number of alkyl halides is 2. The lowest BCUT2D eigenvalue weighted by molar-refractivity contribution is -0.117. The Morgan fingerprint density at radius 3 is 2.70 bits per heavy atom. The Hall–Kier alpha value is -2.02. The fourth-order valence-electron chi connectivity index (χ4n) is 1.49. The average Bonchev–Trinajstić information content (AvgIpc) is 2.36. The number of amides is 1. The van der Waals surface area contributed by atoms with E-state index in [2.05, 4.69) is 10.1 Å². The highest BCUT2D eigenvalue weighted by Gasteiger charge is 2.10. The summed E-state index contributed by atoms with van der Waals surface area (Å²) in [5.74, 6) is -1.52. The summed E-state index contributed by atoms with van der Waals surface area (Å²) in [5.41, 5.74) is 1.01. The molecule has 0 unspecified atom stereocenters. The van der Waals surface area contributed by atoms with E-state index in [1.165, 1.54) is 6.07 Å². The first-order valence-corrected chi connectivity index (χ1v) is 5.90. The summed E-state index contributed by atoms with van der Waals surface area (Å²) in [7, 11) is 0. The predicted octanol–water partition coefficient (Wildman–Crippen LogP) is 2.30. The summed E-state index contributed by atoms with van der Waals surface area (Å²) < 4.78 is 28.1. The third-order valence-corrected chi connectivity index (χ3v) is 2.47. The summed E-state index contributed by atoms with van der Waals surface area (Å²) in [6.07, 6.45) is -2.64. The van der Waals surface area contributed by atoms with Gasteiger partial charge < -0.3 is 15.2 Å². The van der Waals surface area contributed by atoms with Crippen molar-refractivity contribution < 1.29 is 28.2 Å². The number of carboxylic acids is 1. The van der Waals surface area contributed by atoms with Gasteiger partial charge in [0.05, 0.1) is 18.6 Å². The topological polar surface area (TPSA) is 75.6 Å². The average molecular weight is 287 g/mol. The Labute approximate surface area is 114 Å². The number of hydrogen-bond acceptors (Lipinski definition) is 3. The number of hydrogen-bond donors (Lipinski definition) is 2. The van der Waals surface area contributed by atoms with E-state index in [1.54, 1.807) is 19.1 Å². The molecule has 0 bridgehead atoms. The van der Waals surface area contributed by atoms with Crippen molar-refractivity contribution in [3.05, 3.63) is 29.3 Å². The van der Waals surface area contributed by atoms with Crippen molar-refractivity contribution in [3.8, 4) is 0 Å². The smallest absolute Gasteiger partial charge is 0.336 e. The van der Waals surface area contributed by atoms with E-state index in [4.69, 9.17) is 5.11 Å². The van der Waals surface area contributed by atoms with Crippen molar-refractivity contribution in [2.24, 2.45) is 0 Å². The van der Waals surface area contributed by atoms with Crippen LogP contribution in [0.1, 0.15) is 22.3 Å². The highest BCUT2D eigenvalue weighted by molar-refractivity contribution is 5.94. The number of halogens is 2. The first-order chi connectivity index (χ1) is 9.40. The molecule has 0 radical (unpaired) electrons. The van der Waals surface area contributed by atoms with Crippen LogP contribution in [0.2, 0.25) is 0 Å². The number of carboxylic acid groups (broad SMARTS) is 1. The van der Waals surface area contributed by atoms with E-state index >= 15 is 0 Å². The van der Waals surface area contributed by atoms with E-state index in [9.17, 15) is 18.4 Å². The minimum absolute atomic E-state index is 0.0804. The van der Waals surface area contributed by atoms with Gasteiger partial charge in [0.2, 0.25) is 5.91 Å². The van der Waals surface area contributed by atoms with Crippen molar-refractivity contribution in [2.45, 2.75) is 19.8 Å². The zero-order valence-corrected chi connectivity index (χ0v) is 10.9. The molecule has 5 nitrogen and oxygen atoms in total. The van der Waals surface area contributed by atoms with E-state index in [-0.39, 0.29) is 18.6 Å². The minimum atomic E-state index is -2.56. The Bertz CT molecular complexity index is 491. The molecule has 0 aromatic heterocycles. The molecule has 1 aromatic carbocycles. The molecule has 0 fully saturated rings. The minimum Gasteiger partial charge on any atom is -0.478 e. The molecule has 1 aromatic rings. The van der Waals surface area contributed by atoms with Gasteiger partial charge >= 0.3 is 5.97 Å². The fourth-order valence-corrected chi connectivity index (χ4v) is 1.49. The summed E-state index contributed by atoms with van der Waals surface area (Å²) >= 11 is 0. The number of nitrogens with one attached hydrogen (secondary N) is 1. The number of aromatic carboxylic acids is 1. The molecule has 1 rings (SSSR count). The van der Waals surface area contributed by atoms with Gasteiger partial charge in [-0.1, -0.05) is 6.07 Å². The molecule has 0 aliphatic heterocycles. The summed E-state index contributed by atoms with van der Waals surface area (Å²) in [6, 6.07) is 4.49. The maximum Gasteiger partial charge on any atom is 0.336 e. The number of carbonyl (C=O) groups excluding carboxylic acids is 1. The molecule has 7 heteroatoms. The molecule has 0 aliphatic rings. The van der Waals surface area contributed by atoms with Gasteiger partial charge in [-0.15, -0.1) is 0 Å². The normalized spacial score (nSPS) is 10.6. The molecule has 2 N–H and O–H groups in total. The van der Waals surface area contributed by atoms with Gasteiger partial charge in [-0.2, -0.15) is 0 Å². The van der Waals surface area contributed by atoms with Gasteiger partial charge in [0.25, 0.3) is 6.43 Å². The lowest BCUT2D eigenvalue weighted by Crippen LogP contribution is -2.16. The number of carbonyl (C=O) groups is 2. The predicted molar refractivity (Wildman–Crippen MR) is 68.2 cm³/mol. The molecule has 0 saturated heterocycles. The van der Waals surface area contributed by atoms with Gasteiger partial charge in [-0.05, 0) is 24.6 Å². The second kappa shape index (κ2) is 7.54. The van der Waals surface area contributed by atoms with Crippen LogP contribution < -0.4 is 5.32 Å². The van der Waals surface area contributed by atoms with Gasteiger partial charge in [-0.3, -0.25) is 4.79 Å². The molecule has 1 amide bonds. The molecule has 20 heavy (non-hydrogen) atoms. The summed E-state index contributed by atoms with van der Waals surface area (Å²) in [6.45, 7) is 0.821. The lowest BCUT2D eigenvalue weighted by Gasteiger charge is -2.08. The monoisotopic (exact) mass is 287 g/mol. The van der Waals surface area contributed by atoms with Crippen LogP contribution in [-0.4, -0.2) is 36.6 Å². The number of benzene rings is 1. The number of ether oxygens (including phenoxy) is 1. The summed E-state index contributed by atoms with van der Waals surface area (Å²) in [4.78, 5) is 22.4. The number of rotatable bonds is 7. The first-order valence-electron chi connectivity index (χ1n) is 5.90. The largest absolute Gasteiger partial charge is 0.478 e. The quantitative estimate of drug-likeness (QED) is 0.754. The van der Waals surface area contributed by atoms with Crippen LogP contribution in [0.4, 0.5) is 14.5 Å². The zero-order chi connectivity index (χ0) is 15.1. The SMILES string of the molecule is Cc1ccc(NC(=O)CCOCC(F)F)cc1C(=O)O. The molecular formula is C13H15F2NO4. The van der Waals surface area contributed by atoms with Gasteiger partial charge in [0.15, 0.2) is 0 Å². The van der Waals surface area contributed by atoms with Gasteiger partial charge in [0, 0.05) is 5.69 Å². The molecule has 0 saturated carbocycles. The van der Waals surface area contributed by atoms with E-state index in [0.29, 0.717) is 11.3 Å². The second-order valence-electron chi connectivity index (χ2n) is 4.10. The highest BCUT2D eigenvalue weighted by Crippen LogP contribution is 2.15. The zero-order valence-electron chi connectivity index (χ0n) is 10.9. The van der Waals surface area contributed by atoms with Crippen molar-refractivity contribution in [3.63, 3.8) is 0 Å². The van der Waals surface area contributed by atoms with Crippen LogP contribution in [0.3, 0.4) is 0 Å². The van der Waals surface area contributed by atoms with Crippen LogP contribution in [0.15, 0.2) is 18.2 Å². The van der Waals surface area contributed by atoms with Crippen LogP contribution in [0, 0.1) is 6.92 Å². The third-order valence-electron chi connectivity index (χ3n) is 2.47. The Morgan fingerprint density at radius 1 is 1.40 bits per heavy atom. The van der Waals surface area contributed by atoms with Crippen molar-refractivity contribution in [1.82, 2.24) is 0 Å². The van der Waals surface area contributed by atoms with Crippen LogP contribution >= 0.6 is 0 Å². The van der Waals surface area contributed by atoms with Crippen LogP contribution in [-0.2, 0) is 9.53 Å². The maximum absolute atomic E-state index is 11.8. The Balaban J connectivity index is 2.50. The molecule has 0 aliphatic carbocycles. The fraction of sp³-hybridized carbons (Fsp3) is 0.385.